The molecule has 0 unspecified atom stereocenters. The van der Waals surface area contributed by atoms with Crippen LogP contribution in [0.15, 0.2) is 24.3 Å². The summed E-state index contributed by atoms with van der Waals surface area (Å²) in [5, 5.41) is 7.83. The molecule has 0 radical (unpaired) electrons. The second-order valence-electron chi connectivity index (χ2n) is 7.33. The largest absolute Gasteiger partial charge is 0.450 e. The van der Waals surface area contributed by atoms with E-state index in [9.17, 15) is 9.59 Å². The number of hydrogen-bond donors (Lipinski definition) is 1. The molecule has 0 bridgehead atoms. The minimum atomic E-state index is -0.298. The number of likely N-dealkylation sites (tertiary alicyclic amines) is 1. The van der Waals surface area contributed by atoms with Gasteiger partial charge in [0.2, 0.25) is 0 Å². The standard InChI is InChI=1S/C21H27ClN4O3/c1-4-29-21(28)25-11-9-17(10-12-25)23-20(27)18-15(3)24-26(19(18)22)13-16-7-5-14(2)6-8-16/h5-8,17H,4,9-13H2,1-3H3,(H,23,27). The normalized spacial score (nSPS) is 14.7. The number of nitrogens with zero attached hydrogens (tertiary/aromatic N) is 3. The summed E-state index contributed by atoms with van der Waals surface area (Å²) in [7, 11) is 0. The summed E-state index contributed by atoms with van der Waals surface area (Å²) in [5.74, 6) is -0.225. The minimum absolute atomic E-state index is 0.0101. The maximum Gasteiger partial charge on any atom is 0.409 e. The van der Waals surface area contributed by atoms with Crippen LogP contribution in [0.5, 0.6) is 0 Å². The fraction of sp³-hybridized carbons (Fsp3) is 0.476. The molecule has 1 aliphatic rings. The molecule has 2 aromatic rings. The van der Waals surface area contributed by atoms with Gasteiger partial charge in [-0.25, -0.2) is 9.48 Å². The fourth-order valence-corrected chi connectivity index (χ4v) is 3.78. The maximum absolute atomic E-state index is 12.8. The molecule has 29 heavy (non-hydrogen) atoms. The SMILES string of the molecule is CCOC(=O)N1CCC(NC(=O)c2c(C)nn(Cc3ccc(C)cc3)c2Cl)CC1. The molecule has 0 spiro atoms. The third-order valence-electron chi connectivity index (χ3n) is 5.10. The van der Waals surface area contributed by atoms with Gasteiger partial charge in [-0.15, -0.1) is 0 Å². The van der Waals surface area contributed by atoms with E-state index in [-0.39, 0.29) is 18.0 Å². The lowest BCUT2D eigenvalue weighted by Crippen LogP contribution is -2.46. The molecule has 0 aliphatic carbocycles. The van der Waals surface area contributed by atoms with E-state index in [0.29, 0.717) is 55.5 Å². The van der Waals surface area contributed by atoms with Gasteiger partial charge in [-0.2, -0.15) is 5.10 Å². The molecule has 1 aromatic carbocycles. The highest BCUT2D eigenvalue weighted by Gasteiger charge is 2.27. The molecule has 1 aliphatic heterocycles. The van der Waals surface area contributed by atoms with Crippen LogP contribution in [-0.4, -0.2) is 52.4 Å². The van der Waals surface area contributed by atoms with Gasteiger partial charge < -0.3 is 15.0 Å². The quantitative estimate of drug-likeness (QED) is 0.805. The number of carbonyl (C=O) groups excluding carboxylic acids is 2. The average molecular weight is 419 g/mol. The fourth-order valence-electron chi connectivity index (χ4n) is 3.46. The Morgan fingerprint density at radius 1 is 1.21 bits per heavy atom. The molecule has 156 valence electrons. The first-order valence-corrected chi connectivity index (χ1v) is 10.3. The van der Waals surface area contributed by atoms with Gasteiger partial charge in [0, 0.05) is 19.1 Å². The third kappa shape index (κ3) is 5.09. The number of halogens is 1. The zero-order chi connectivity index (χ0) is 21.0. The maximum atomic E-state index is 12.8. The molecule has 2 amide bonds. The van der Waals surface area contributed by atoms with Crippen LogP contribution in [0, 0.1) is 13.8 Å². The van der Waals surface area contributed by atoms with Gasteiger partial charge in [-0.3, -0.25) is 4.79 Å². The lowest BCUT2D eigenvalue weighted by molar-refractivity contribution is 0.0859. The van der Waals surface area contributed by atoms with Gasteiger partial charge in [-0.05, 0) is 39.2 Å². The van der Waals surface area contributed by atoms with Crippen LogP contribution in [0.4, 0.5) is 4.79 Å². The van der Waals surface area contributed by atoms with Gasteiger partial charge in [-0.1, -0.05) is 41.4 Å². The minimum Gasteiger partial charge on any atom is -0.450 e. The van der Waals surface area contributed by atoms with E-state index >= 15 is 0 Å². The number of ether oxygens (including phenoxy) is 1. The van der Waals surface area contributed by atoms with E-state index in [4.69, 9.17) is 16.3 Å². The molecule has 1 N–H and O–H groups in total. The molecule has 1 fully saturated rings. The average Bonchev–Trinajstić information content (AvgIpc) is 2.97. The van der Waals surface area contributed by atoms with Crippen LogP contribution in [0.2, 0.25) is 5.15 Å². The first-order chi connectivity index (χ1) is 13.9. The Labute approximate surface area is 176 Å². The predicted molar refractivity (Wildman–Crippen MR) is 111 cm³/mol. The van der Waals surface area contributed by atoms with Crippen LogP contribution in [0.25, 0.3) is 0 Å². The highest BCUT2D eigenvalue weighted by atomic mass is 35.5. The Bertz CT molecular complexity index is 871. The lowest BCUT2D eigenvalue weighted by atomic mass is 10.0. The zero-order valence-corrected chi connectivity index (χ0v) is 17.8. The van der Waals surface area contributed by atoms with Crippen LogP contribution >= 0.6 is 11.6 Å². The topological polar surface area (TPSA) is 76.5 Å². The highest BCUT2D eigenvalue weighted by molar-refractivity contribution is 6.33. The Balaban J connectivity index is 1.62. The van der Waals surface area contributed by atoms with Crippen molar-refractivity contribution in [2.75, 3.05) is 19.7 Å². The summed E-state index contributed by atoms with van der Waals surface area (Å²) in [6.45, 7) is 7.59. The molecular formula is C21H27ClN4O3. The Kier molecular flexibility index (Phi) is 6.79. The van der Waals surface area contributed by atoms with Crippen molar-refractivity contribution in [3.63, 3.8) is 0 Å². The molecule has 8 heteroatoms. The monoisotopic (exact) mass is 418 g/mol. The predicted octanol–water partition coefficient (Wildman–Crippen LogP) is 3.55. The Morgan fingerprint density at radius 2 is 1.86 bits per heavy atom. The zero-order valence-electron chi connectivity index (χ0n) is 17.1. The van der Waals surface area contributed by atoms with Crippen molar-refractivity contribution in [1.82, 2.24) is 20.0 Å². The lowest BCUT2D eigenvalue weighted by Gasteiger charge is -2.31. The van der Waals surface area contributed by atoms with Crippen molar-refractivity contribution in [2.45, 2.75) is 46.2 Å². The first kappa shape index (κ1) is 21.2. The molecule has 1 aromatic heterocycles. The van der Waals surface area contributed by atoms with Gasteiger partial charge in [0.15, 0.2) is 0 Å². The summed E-state index contributed by atoms with van der Waals surface area (Å²) < 4.78 is 6.68. The van der Waals surface area contributed by atoms with Gasteiger partial charge >= 0.3 is 6.09 Å². The Morgan fingerprint density at radius 3 is 2.48 bits per heavy atom. The second kappa shape index (κ2) is 9.31. The number of aryl methyl sites for hydroxylation is 2. The molecule has 0 atom stereocenters. The van der Waals surface area contributed by atoms with Crippen molar-refractivity contribution in [2.24, 2.45) is 0 Å². The number of amides is 2. The van der Waals surface area contributed by atoms with E-state index in [0.717, 1.165) is 5.56 Å². The first-order valence-electron chi connectivity index (χ1n) is 9.90. The van der Waals surface area contributed by atoms with E-state index in [1.165, 1.54) is 5.56 Å². The molecule has 7 nitrogen and oxygen atoms in total. The van der Waals surface area contributed by atoms with Crippen LogP contribution < -0.4 is 5.32 Å². The number of benzene rings is 1. The second-order valence-corrected chi connectivity index (χ2v) is 7.69. The van der Waals surface area contributed by atoms with Crippen molar-refractivity contribution in [1.29, 1.82) is 0 Å². The molecule has 0 saturated carbocycles. The summed E-state index contributed by atoms with van der Waals surface area (Å²) in [5.41, 5.74) is 3.26. The van der Waals surface area contributed by atoms with Crippen molar-refractivity contribution in [3.8, 4) is 0 Å². The molecule has 2 heterocycles. The number of piperidine rings is 1. The van der Waals surface area contributed by atoms with Crippen LogP contribution in [0.1, 0.15) is 46.9 Å². The van der Waals surface area contributed by atoms with Crippen LogP contribution in [-0.2, 0) is 11.3 Å². The number of aromatic nitrogens is 2. The number of hydrogen-bond acceptors (Lipinski definition) is 4. The third-order valence-corrected chi connectivity index (χ3v) is 5.49. The van der Waals surface area contributed by atoms with E-state index in [2.05, 4.69) is 10.4 Å². The van der Waals surface area contributed by atoms with Crippen molar-refractivity contribution < 1.29 is 14.3 Å². The summed E-state index contributed by atoms with van der Waals surface area (Å²) in [4.78, 5) is 26.3. The summed E-state index contributed by atoms with van der Waals surface area (Å²) in [6, 6.07) is 8.12. The summed E-state index contributed by atoms with van der Waals surface area (Å²) >= 11 is 6.49. The highest BCUT2D eigenvalue weighted by Crippen LogP contribution is 2.22. The van der Waals surface area contributed by atoms with Crippen molar-refractivity contribution >= 4 is 23.6 Å². The van der Waals surface area contributed by atoms with Gasteiger partial charge in [0.05, 0.1) is 24.4 Å². The number of rotatable bonds is 5. The molecule has 3 rings (SSSR count). The van der Waals surface area contributed by atoms with E-state index < -0.39 is 0 Å². The van der Waals surface area contributed by atoms with Gasteiger partial charge in [0.25, 0.3) is 5.91 Å². The Hall–Kier alpha value is -2.54. The number of nitrogens with one attached hydrogen (secondary N) is 1. The number of carbonyl (C=O) groups is 2. The van der Waals surface area contributed by atoms with Gasteiger partial charge in [0.1, 0.15) is 5.15 Å². The molecule has 1 saturated heterocycles. The van der Waals surface area contributed by atoms with E-state index in [1.54, 1.807) is 23.4 Å². The smallest absolute Gasteiger partial charge is 0.409 e. The van der Waals surface area contributed by atoms with Crippen molar-refractivity contribution in [3.05, 3.63) is 51.8 Å². The van der Waals surface area contributed by atoms with Crippen LogP contribution in [0.3, 0.4) is 0 Å². The summed E-state index contributed by atoms with van der Waals surface area (Å²) in [6.07, 6.45) is 1.06. The molecular weight excluding hydrogens is 392 g/mol. The van der Waals surface area contributed by atoms with E-state index in [1.807, 2.05) is 31.2 Å².